The monoisotopic (exact) mass is 356 g/mol. The zero-order chi connectivity index (χ0) is 17.9. The Kier molecular flexibility index (Phi) is 5.22. The van der Waals surface area contributed by atoms with Gasteiger partial charge in [0.2, 0.25) is 0 Å². The van der Waals surface area contributed by atoms with E-state index in [2.05, 4.69) is 10.2 Å². The lowest BCUT2D eigenvalue weighted by atomic mass is 10.1. The van der Waals surface area contributed by atoms with E-state index in [-0.39, 0.29) is 0 Å². The van der Waals surface area contributed by atoms with Gasteiger partial charge in [0.1, 0.15) is 17.4 Å². The van der Waals surface area contributed by atoms with Crippen molar-refractivity contribution in [3.8, 4) is 0 Å². The largest absolute Gasteiger partial charge is 0.468 e. The molecule has 0 aromatic carbocycles. The van der Waals surface area contributed by atoms with Gasteiger partial charge in [-0.15, -0.1) is 0 Å². The van der Waals surface area contributed by atoms with Crippen LogP contribution < -0.4 is 5.32 Å². The summed E-state index contributed by atoms with van der Waals surface area (Å²) in [4.78, 5) is 12.1. The van der Waals surface area contributed by atoms with E-state index >= 15 is 0 Å². The molecule has 1 fully saturated rings. The first-order valence-corrected chi connectivity index (χ1v) is 9.72. The standard InChI is InChI=1S/C20H28N4O2/c1-14(25)12-21-20-17-6-8-24(13-16-3-2-10-26-16)9-7-18(17)22-19(23-20)11-15-4-5-15/h2-3,10,14-15,25H,4-9,11-13H2,1H3,(H,21,22,23)/t14-/m0/s1. The molecule has 1 aliphatic carbocycles. The highest BCUT2D eigenvalue weighted by molar-refractivity contribution is 5.48. The SMILES string of the molecule is C[C@H](O)CNc1nc(CC2CC2)nc2c1CCN(Cc1ccco1)CC2. The first-order chi connectivity index (χ1) is 12.7. The van der Waals surface area contributed by atoms with Crippen molar-refractivity contribution in [3.63, 3.8) is 0 Å². The van der Waals surface area contributed by atoms with Crippen LogP contribution in [0.2, 0.25) is 0 Å². The lowest BCUT2D eigenvalue weighted by molar-refractivity contribution is 0.208. The molecule has 2 aromatic heterocycles. The van der Waals surface area contributed by atoms with Crippen LogP contribution in [0, 0.1) is 5.92 Å². The third-order valence-corrected chi connectivity index (χ3v) is 5.17. The van der Waals surface area contributed by atoms with Gasteiger partial charge in [-0.1, -0.05) is 0 Å². The molecule has 0 bridgehead atoms. The first-order valence-electron chi connectivity index (χ1n) is 9.72. The van der Waals surface area contributed by atoms with E-state index in [1.807, 2.05) is 12.1 Å². The van der Waals surface area contributed by atoms with Crippen molar-refractivity contribution in [1.29, 1.82) is 0 Å². The smallest absolute Gasteiger partial charge is 0.133 e. The summed E-state index contributed by atoms with van der Waals surface area (Å²) in [5.41, 5.74) is 2.39. The summed E-state index contributed by atoms with van der Waals surface area (Å²) in [5.74, 6) is 3.65. The van der Waals surface area contributed by atoms with Gasteiger partial charge in [-0.3, -0.25) is 4.90 Å². The van der Waals surface area contributed by atoms with Gasteiger partial charge in [-0.2, -0.15) is 0 Å². The predicted molar refractivity (Wildman–Crippen MR) is 100 cm³/mol. The Hall–Kier alpha value is -1.92. The average Bonchev–Trinajstić information content (AvgIpc) is 3.32. The quantitative estimate of drug-likeness (QED) is 0.794. The van der Waals surface area contributed by atoms with Crippen molar-refractivity contribution in [2.45, 2.75) is 51.7 Å². The molecule has 1 saturated carbocycles. The maximum Gasteiger partial charge on any atom is 0.133 e. The maximum atomic E-state index is 9.66. The summed E-state index contributed by atoms with van der Waals surface area (Å²) < 4.78 is 5.50. The Bertz CT molecular complexity index is 726. The number of aliphatic hydroxyl groups excluding tert-OH is 1. The first kappa shape index (κ1) is 17.5. The molecule has 2 N–H and O–H groups in total. The van der Waals surface area contributed by atoms with Crippen LogP contribution in [0.15, 0.2) is 22.8 Å². The summed E-state index contributed by atoms with van der Waals surface area (Å²) in [7, 11) is 0. The third kappa shape index (κ3) is 4.43. The summed E-state index contributed by atoms with van der Waals surface area (Å²) in [6.45, 7) is 5.08. The number of hydrogen-bond donors (Lipinski definition) is 2. The second kappa shape index (κ2) is 7.76. The molecule has 26 heavy (non-hydrogen) atoms. The van der Waals surface area contributed by atoms with Gasteiger partial charge in [0, 0.05) is 38.0 Å². The molecule has 0 saturated heterocycles. The summed E-state index contributed by atoms with van der Waals surface area (Å²) in [6, 6.07) is 3.97. The van der Waals surface area contributed by atoms with Crippen LogP contribution in [0.3, 0.4) is 0 Å². The predicted octanol–water partition coefficient (Wildman–Crippen LogP) is 2.42. The topological polar surface area (TPSA) is 74.4 Å². The molecule has 0 radical (unpaired) electrons. The van der Waals surface area contributed by atoms with Gasteiger partial charge in [0.05, 0.1) is 24.6 Å². The van der Waals surface area contributed by atoms with E-state index in [0.29, 0.717) is 6.54 Å². The number of fused-ring (bicyclic) bond motifs is 1. The van der Waals surface area contributed by atoms with Crippen molar-refractivity contribution < 1.29 is 9.52 Å². The van der Waals surface area contributed by atoms with Gasteiger partial charge in [-0.25, -0.2) is 9.97 Å². The fourth-order valence-electron chi connectivity index (χ4n) is 3.54. The zero-order valence-corrected chi connectivity index (χ0v) is 15.4. The van der Waals surface area contributed by atoms with Crippen molar-refractivity contribution in [2.75, 3.05) is 25.0 Å². The number of furan rings is 1. The van der Waals surface area contributed by atoms with Crippen LogP contribution in [0.25, 0.3) is 0 Å². The minimum absolute atomic E-state index is 0.395. The molecule has 0 amide bonds. The Morgan fingerprint density at radius 3 is 2.88 bits per heavy atom. The lowest BCUT2D eigenvalue weighted by Crippen LogP contribution is -2.25. The van der Waals surface area contributed by atoms with Crippen molar-refractivity contribution >= 4 is 5.82 Å². The summed E-state index contributed by atoms with van der Waals surface area (Å²) >= 11 is 0. The highest BCUT2D eigenvalue weighted by Gasteiger charge is 2.25. The molecule has 2 aromatic rings. The Morgan fingerprint density at radius 1 is 1.31 bits per heavy atom. The average molecular weight is 356 g/mol. The molecule has 0 unspecified atom stereocenters. The second-order valence-corrected chi connectivity index (χ2v) is 7.65. The molecule has 1 atom stereocenters. The van der Waals surface area contributed by atoms with Crippen molar-refractivity contribution in [2.24, 2.45) is 5.92 Å². The Labute approximate surface area is 154 Å². The Balaban J connectivity index is 1.52. The van der Waals surface area contributed by atoms with Gasteiger partial charge >= 0.3 is 0 Å². The summed E-state index contributed by atoms with van der Waals surface area (Å²) in [6.07, 6.45) is 6.76. The van der Waals surface area contributed by atoms with Gasteiger partial charge < -0.3 is 14.8 Å². The van der Waals surface area contributed by atoms with Crippen molar-refractivity contribution in [3.05, 3.63) is 41.2 Å². The lowest BCUT2D eigenvalue weighted by Gasteiger charge is -2.18. The molecule has 0 spiro atoms. The van der Waals surface area contributed by atoms with E-state index in [1.165, 1.54) is 24.1 Å². The normalized spacial score (nSPS) is 19.0. The van der Waals surface area contributed by atoms with Crippen LogP contribution in [0.1, 0.15) is 42.6 Å². The molecule has 1 aliphatic heterocycles. The van der Waals surface area contributed by atoms with Gasteiger partial charge in [0.25, 0.3) is 0 Å². The molecule has 4 rings (SSSR count). The molecular weight excluding hydrogens is 328 g/mol. The Morgan fingerprint density at radius 2 is 2.15 bits per heavy atom. The third-order valence-electron chi connectivity index (χ3n) is 5.17. The second-order valence-electron chi connectivity index (χ2n) is 7.65. The van der Waals surface area contributed by atoms with Crippen LogP contribution in [-0.2, 0) is 25.8 Å². The number of rotatable bonds is 7. The van der Waals surface area contributed by atoms with Gasteiger partial charge in [-0.05, 0) is 44.2 Å². The van der Waals surface area contributed by atoms with E-state index in [4.69, 9.17) is 14.4 Å². The molecule has 140 valence electrons. The van der Waals surface area contributed by atoms with Crippen LogP contribution >= 0.6 is 0 Å². The number of hydrogen-bond acceptors (Lipinski definition) is 6. The van der Waals surface area contributed by atoms with E-state index in [0.717, 1.165) is 62.2 Å². The fourth-order valence-corrected chi connectivity index (χ4v) is 3.54. The van der Waals surface area contributed by atoms with Crippen molar-refractivity contribution in [1.82, 2.24) is 14.9 Å². The van der Waals surface area contributed by atoms with Gasteiger partial charge in [0.15, 0.2) is 0 Å². The molecule has 3 heterocycles. The number of aromatic nitrogens is 2. The van der Waals surface area contributed by atoms with E-state index in [1.54, 1.807) is 13.2 Å². The fraction of sp³-hybridized carbons (Fsp3) is 0.600. The summed E-state index contributed by atoms with van der Waals surface area (Å²) in [5, 5.41) is 13.0. The maximum absolute atomic E-state index is 9.66. The zero-order valence-electron chi connectivity index (χ0n) is 15.4. The number of nitrogens with zero attached hydrogens (tertiary/aromatic N) is 3. The number of anilines is 1. The molecule has 6 nitrogen and oxygen atoms in total. The number of nitrogens with one attached hydrogen (secondary N) is 1. The highest BCUT2D eigenvalue weighted by Crippen LogP contribution is 2.32. The van der Waals surface area contributed by atoms with Crippen LogP contribution in [-0.4, -0.2) is 45.7 Å². The minimum Gasteiger partial charge on any atom is -0.468 e. The molecule has 6 heteroatoms. The van der Waals surface area contributed by atoms with E-state index in [9.17, 15) is 5.11 Å². The number of aliphatic hydroxyl groups is 1. The molecule has 2 aliphatic rings. The highest BCUT2D eigenvalue weighted by atomic mass is 16.3. The van der Waals surface area contributed by atoms with Crippen LogP contribution in [0.4, 0.5) is 5.82 Å². The minimum atomic E-state index is -0.395. The molecular formula is C20H28N4O2. The van der Waals surface area contributed by atoms with Crippen LogP contribution in [0.5, 0.6) is 0 Å². The van der Waals surface area contributed by atoms with E-state index < -0.39 is 6.10 Å².